The molecule has 0 spiro atoms. The summed E-state index contributed by atoms with van der Waals surface area (Å²) in [6.07, 6.45) is 1.10. The SMILES string of the molecule is CCCN1CCN(c2cc(C(=O)O)c3cc(NS(=O)(=O)c4ccc(C)cc4C)ccc3n2)CC1. The Morgan fingerprint density at radius 2 is 1.79 bits per heavy atom. The summed E-state index contributed by atoms with van der Waals surface area (Å²) < 4.78 is 28.5. The molecule has 34 heavy (non-hydrogen) atoms. The van der Waals surface area contributed by atoms with Crippen molar-refractivity contribution in [3.05, 3.63) is 59.2 Å². The first kappa shape index (κ1) is 24.0. The van der Waals surface area contributed by atoms with E-state index in [9.17, 15) is 18.3 Å². The fraction of sp³-hybridized carbons (Fsp3) is 0.360. The van der Waals surface area contributed by atoms with Gasteiger partial charge in [-0.15, -0.1) is 0 Å². The largest absolute Gasteiger partial charge is 0.478 e. The number of carboxylic acid groups (broad SMARTS) is 1. The summed E-state index contributed by atoms with van der Waals surface area (Å²) in [5, 5.41) is 10.3. The van der Waals surface area contributed by atoms with Crippen LogP contribution in [0.1, 0.15) is 34.8 Å². The van der Waals surface area contributed by atoms with Crippen molar-refractivity contribution in [1.82, 2.24) is 9.88 Å². The minimum absolute atomic E-state index is 0.101. The van der Waals surface area contributed by atoms with Gasteiger partial charge >= 0.3 is 5.97 Å². The molecule has 0 unspecified atom stereocenters. The van der Waals surface area contributed by atoms with Crippen LogP contribution in [0.25, 0.3) is 10.9 Å². The lowest BCUT2D eigenvalue weighted by Gasteiger charge is -2.35. The standard InChI is InChI=1S/C25H30N4O4S/c1-4-9-28-10-12-29(13-11-28)24-16-21(25(30)31)20-15-19(6-7-22(20)26-24)27-34(32,33)23-8-5-17(2)14-18(23)3/h5-8,14-16,27H,4,9-13H2,1-3H3,(H,30,31). The molecule has 0 saturated carbocycles. The number of fused-ring (bicyclic) bond motifs is 1. The van der Waals surface area contributed by atoms with Crippen molar-refractivity contribution in [3.63, 3.8) is 0 Å². The van der Waals surface area contributed by atoms with Crippen LogP contribution in [0.3, 0.4) is 0 Å². The molecule has 0 aliphatic carbocycles. The Morgan fingerprint density at radius 3 is 2.44 bits per heavy atom. The number of rotatable bonds is 7. The van der Waals surface area contributed by atoms with E-state index in [1.807, 2.05) is 13.0 Å². The summed E-state index contributed by atoms with van der Waals surface area (Å²) in [4.78, 5) is 21.5. The van der Waals surface area contributed by atoms with E-state index < -0.39 is 16.0 Å². The lowest BCUT2D eigenvalue weighted by Crippen LogP contribution is -2.46. The number of hydrogen-bond donors (Lipinski definition) is 2. The van der Waals surface area contributed by atoms with Crippen molar-refractivity contribution in [2.24, 2.45) is 0 Å². The summed E-state index contributed by atoms with van der Waals surface area (Å²) in [7, 11) is -3.83. The van der Waals surface area contributed by atoms with Gasteiger partial charge in [0.1, 0.15) is 5.82 Å². The van der Waals surface area contributed by atoms with Gasteiger partial charge in [-0.2, -0.15) is 0 Å². The second kappa shape index (κ2) is 9.60. The van der Waals surface area contributed by atoms with Crippen LogP contribution in [0.4, 0.5) is 11.5 Å². The number of nitrogens with zero attached hydrogens (tertiary/aromatic N) is 3. The molecule has 4 rings (SSSR count). The third kappa shape index (κ3) is 5.00. The molecule has 0 radical (unpaired) electrons. The maximum atomic E-state index is 13.0. The molecule has 1 fully saturated rings. The predicted molar refractivity (Wildman–Crippen MR) is 134 cm³/mol. The average Bonchev–Trinajstić information content (AvgIpc) is 2.78. The number of anilines is 2. The van der Waals surface area contributed by atoms with Gasteiger partial charge in [0, 0.05) is 37.3 Å². The molecular formula is C25H30N4O4S. The number of pyridine rings is 1. The number of sulfonamides is 1. The minimum atomic E-state index is -3.83. The third-order valence-corrected chi connectivity index (χ3v) is 7.68. The maximum absolute atomic E-state index is 13.0. The molecule has 1 aromatic heterocycles. The number of hydrogen-bond acceptors (Lipinski definition) is 6. The monoisotopic (exact) mass is 482 g/mol. The van der Waals surface area contributed by atoms with E-state index >= 15 is 0 Å². The Labute approximate surface area is 200 Å². The van der Waals surface area contributed by atoms with Gasteiger partial charge in [0.05, 0.1) is 16.0 Å². The normalized spacial score (nSPS) is 15.0. The molecule has 8 nitrogen and oxygen atoms in total. The summed E-state index contributed by atoms with van der Waals surface area (Å²) >= 11 is 0. The molecule has 0 bridgehead atoms. The lowest BCUT2D eigenvalue weighted by molar-refractivity contribution is 0.0699. The van der Waals surface area contributed by atoms with Crippen LogP contribution >= 0.6 is 0 Å². The number of benzene rings is 2. The molecule has 1 saturated heterocycles. The molecule has 0 atom stereocenters. The molecule has 1 aliphatic rings. The number of piperazine rings is 1. The summed E-state index contributed by atoms with van der Waals surface area (Å²) in [6.45, 7) is 10.3. The van der Waals surface area contributed by atoms with E-state index in [0.717, 1.165) is 44.7 Å². The van der Waals surface area contributed by atoms with Crippen LogP contribution < -0.4 is 9.62 Å². The Hall–Kier alpha value is -3.17. The smallest absolute Gasteiger partial charge is 0.336 e. The second-order valence-electron chi connectivity index (χ2n) is 8.77. The van der Waals surface area contributed by atoms with Gasteiger partial charge in [-0.3, -0.25) is 9.62 Å². The van der Waals surface area contributed by atoms with Crippen molar-refractivity contribution in [1.29, 1.82) is 0 Å². The minimum Gasteiger partial charge on any atom is -0.478 e. The maximum Gasteiger partial charge on any atom is 0.336 e. The van der Waals surface area contributed by atoms with Crippen LogP contribution in [0.2, 0.25) is 0 Å². The fourth-order valence-corrected chi connectivity index (χ4v) is 5.72. The van der Waals surface area contributed by atoms with Crippen molar-refractivity contribution in [3.8, 4) is 0 Å². The molecule has 3 aromatic rings. The molecular weight excluding hydrogens is 452 g/mol. The second-order valence-corrected chi connectivity index (χ2v) is 10.4. The molecule has 0 amide bonds. The number of aromatic carboxylic acids is 1. The Kier molecular flexibility index (Phi) is 6.77. The van der Waals surface area contributed by atoms with Crippen LogP contribution in [-0.4, -0.2) is 62.1 Å². The molecule has 180 valence electrons. The van der Waals surface area contributed by atoms with Crippen molar-refractivity contribution >= 4 is 38.4 Å². The van der Waals surface area contributed by atoms with Crippen molar-refractivity contribution < 1.29 is 18.3 Å². The van der Waals surface area contributed by atoms with E-state index in [0.29, 0.717) is 22.3 Å². The zero-order valence-corrected chi connectivity index (χ0v) is 20.5. The number of aromatic nitrogens is 1. The van der Waals surface area contributed by atoms with Crippen LogP contribution in [-0.2, 0) is 10.0 Å². The predicted octanol–water partition coefficient (Wildman–Crippen LogP) is 3.88. The highest BCUT2D eigenvalue weighted by Crippen LogP contribution is 2.28. The fourth-order valence-electron chi connectivity index (χ4n) is 4.44. The van der Waals surface area contributed by atoms with E-state index in [-0.39, 0.29) is 16.1 Å². The van der Waals surface area contributed by atoms with Gasteiger partial charge in [0.2, 0.25) is 0 Å². The first-order valence-corrected chi connectivity index (χ1v) is 12.9. The van der Waals surface area contributed by atoms with Crippen LogP contribution in [0, 0.1) is 13.8 Å². The highest BCUT2D eigenvalue weighted by Gasteiger charge is 2.22. The van der Waals surface area contributed by atoms with Crippen molar-refractivity contribution in [2.75, 3.05) is 42.3 Å². The summed E-state index contributed by atoms with van der Waals surface area (Å²) in [6, 6.07) is 11.5. The number of carbonyl (C=O) groups is 1. The quantitative estimate of drug-likeness (QED) is 0.527. The number of aryl methyl sites for hydroxylation is 2. The average molecular weight is 483 g/mol. The summed E-state index contributed by atoms with van der Waals surface area (Å²) in [5.41, 5.74) is 2.52. The van der Waals surface area contributed by atoms with Crippen molar-refractivity contribution in [2.45, 2.75) is 32.1 Å². The van der Waals surface area contributed by atoms with E-state index in [2.05, 4.69) is 21.4 Å². The number of nitrogens with one attached hydrogen (secondary N) is 1. The number of carboxylic acids is 1. The first-order valence-electron chi connectivity index (χ1n) is 11.4. The van der Waals surface area contributed by atoms with E-state index in [4.69, 9.17) is 4.98 Å². The van der Waals surface area contributed by atoms with E-state index in [1.165, 1.54) is 6.07 Å². The molecule has 9 heteroatoms. The molecule has 2 heterocycles. The van der Waals surface area contributed by atoms with Gasteiger partial charge in [-0.05, 0) is 62.7 Å². The molecule has 1 aliphatic heterocycles. The summed E-state index contributed by atoms with van der Waals surface area (Å²) in [5.74, 6) is -0.447. The molecule has 2 aromatic carbocycles. The van der Waals surface area contributed by atoms with Gasteiger partial charge in [-0.1, -0.05) is 24.6 Å². The first-order chi connectivity index (χ1) is 16.2. The Bertz CT molecular complexity index is 1330. The van der Waals surface area contributed by atoms with E-state index in [1.54, 1.807) is 37.3 Å². The van der Waals surface area contributed by atoms with Gasteiger partial charge in [-0.25, -0.2) is 18.2 Å². The highest BCUT2D eigenvalue weighted by molar-refractivity contribution is 7.92. The van der Waals surface area contributed by atoms with Gasteiger partial charge < -0.3 is 10.0 Å². The topological polar surface area (TPSA) is 103 Å². The molecule has 2 N–H and O–H groups in total. The van der Waals surface area contributed by atoms with Crippen LogP contribution in [0.15, 0.2) is 47.4 Å². The Morgan fingerprint density at radius 1 is 1.06 bits per heavy atom. The van der Waals surface area contributed by atoms with Gasteiger partial charge in [0.15, 0.2) is 0 Å². The van der Waals surface area contributed by atoms with Crippen LogP contribution in [0.5, 0.6) is 0 Å². The highest BCUT2D eigenvalue weighted by atomic mass is 32.2. The van der Waals surface area contributed by atoms with Gasteiger partial charge in [0.25, 0.3) is 10.0 Å². The zero-order chi connectivity index (χ0) is 24.5. The third-order valence-electron chi connectivity index (χ3n) is 6.13. The Balaban J connectivity index is 1.65. The zero-order valence-electron chi connectivity index (χ0n) is 19.7. The lowest BCUT2D eigenvalue weighted by atomic mass is 10.1.